The Labute approximate surface area is 92.7 Å². The monoisotopic (exact) mass is 210 g/mol. The fourth-order valence-corrected chi connectivity index (χ4v) is 2.49. The smallest absolute Gasteiger partial charge is 0.306 e. The van der Waals surface area contributed by atoms with E-state index in [4.69, 9.17) is 4.74 Å². The third kappa shape index (κ3) is 2.42. The minimum Gasteiger partial charge on any atom is -0.459 e. The minimum absolute atomic E-state index is 0.0910. The summed E-state index contributed by atoms with van der Waals surface area (Å²) in [5.74, 6) is 0.789. The number of hydrogen-bond acceptors (Lipinski definition) is 2. The summed E-state index contributed by atoms with van der Waals surface area (Å²) in [4.78, 5) is 11.4. The molecule has 0 radical (unpaired) electrons. The first-order valence-electron chi connectivity index (χ1n) is 5.78. The number of ether oxygens (including phenoxy) is 1. The van der Waals surface area contributed by atoms with Gasteiger partial charge < -0.3 is 4.74 Å². The molecule has 86 valence electrons. The van der Waals surface area contributed by atoms with Crippen molar-refractivity contribution in [3.8, 4) is 0 Å². The van der Waals surface area contributed by atoms with Crippen LogP contribution in [0.2, 0.25) is 0 Å². The van der Waals surface area contributed by atoms with Crippen molar-refractivity contribution in [2.75, 3.05) is 0 Å². The molecule has 0 aromatic rings. The van der Waals surface area contributed by atoms with E-state index in [1.807, 2.05) is 13.8 Å². The second-order valence-corrected chi connectivity index (χ2v) is 4.92. The van der Waals surface area contributed by atoms with Crippen molar-refractivity contribution in [1.82, 2.24) is 0 Å². The molecule has 0 bridgehead atoms. The molecule has 1 fully saturated rings. The third-order valence-corrected chi connectivity index (χ3v) is 3.79. The zero-order valence-corrected chi connectivity index (χ0v) is 10.3. The van der Waals surface area contributed by atoms with Gasteiger partial charge in [0.05, 0.1) is 0 Å². The van der Waals surface area contributed by atoms with Crippen LogP contribution in [0.25, 0.3) is 0 Å². The Morgan fingerprint density at radius 3 is 2.60 bits per heavy atom. The van der Waals surface area contributed by atoms with Crippen molar-refractivity contribution in [1.29, 1.82) is 0 Å². The zero-order valence-electron chi connectivity index (χ0n) is 10.3. The molecule has 1 aliphatic rings. The van der Waals surface area contributed by atoms with Crippen LogP contribution >= 0.6 is 0 Å². The van der Waals surface area contributed by atoms with Gasteiger partial charge in [-0.05, 0) is 32.6 Å². The molecule has 0 aliphatic heterocycles. The Bertz CT molecular complexity index is 270. The van der Waals surface area contributed by atoms with E-state index < -0.39 is 0 Å². The first-order valence-corrected chi connectivity index (χ1v) is 5.78. The van der Waals surface area contributed by atoms with Crippen LogP contribution in [0.5, 0.6) is 0 Å². The summed E-state index contributed by atoms with van der Waals surface area (Å²) in [5.41, 5.74) is 0.926. The SMILES string of the molecule is C=C(C)C1CCC(C)(OC(=O)CC)C1C. The number of carbonyl (C=O) groups excluding carboxylic acids is 1. The maximum atomic E-state index is 11.4. The average Bonchev–Trinajstić information content (AvgIpc) is 2.43. The van der Waals surface area contributed by atoms with Crippen molar-refractivity contribution >= 4 is 5.97 Å². The molecule has 0 amide bonds. The van der Waals surface area contributed by atoms with Crippen molar-refractivity contribution in [3.05, 3.63) is 12.2 Å². The van der Waals surface area contributed by atoms with E-state index in [1.165, 1.54) is 5.57 Å². The fourth-order valence-electron chi connectivity index (χ4n) is 2.49. The standard InChI is InChI=1S/C13H22O2/c1-6-12(14)15-13(5)8-7-11(9(2)3)10(13)4/h10-11H,2,6-8H2,1,3-5H3. The number of allylic oxidation sites excluding steroid dienone is 1. The molecule has 0 aromatic carbocycles. The molecule has 1 rings (SSSR count). The van der Waals surface area contributed by atoms with Crippen molar-refractivity contribution in [2.45, 2.75) is 52.6 Å². The van der Waals surface area contributed by atoms with Crippen LogP contribution in [0.4, 0.5) is 0 Å². The lowest BCUT2D eigenvalue weighted by atomic mass is 9.85. The average molecular weight is 210 g/mol. The van der Waals surface area contributed by atoms with Gasteiger partial charge in [-0.2, -0.15) is 0 Å². The highest BCUT2D eigenvalue weighted by Gasteiger charge is 2.45. The number of esters is 1. The van der Waals surface area contributed by atoms with Crippen LogP contribution in [-0.2, 0) is 9.53 Å². The maximum absolute atomic E-state index is 11.4. The van der Waals surface area contributed by atoms with Gasteiger partial charge in [0, 0.05) is 12.3 Å². The summed E-state index contributed by atoms with van der Waals surface area (Å²) >= 11 is 0. The highest BCUT2D eigenvalue weighted by molar-refractivity contribution is 5.69. The molecule has 0 N–H and O–H groups in total. The summed E-state index contributed by atoms with van der Waals surface area (Å²) in [5, 5.41) is 0. The molecule has 0 saturated heterocycles. The lowest BCUT2D eigenvalue weighted by molar-refractivity contribution is -0.161. The second-order valence-electron chi connectivity index (χ2n) is 4.92. The summed E-state index contributed by atoms with van der Waals surface area (Å²) in [7, 11) is 0. The van der Waals surface area contributed by atoms with Crippen LogP contribution in [0.1, 0.15) is 47.0 Å². The Balaban J connectivity index is 2.71. The minimum atomic E-state index is -0.281. The van der Waals surface area contributed by atoms with Gasteiger partial charge in [-0.1, -0.05) is 26.0 Å². The first-order chi connectivity index (χ1) is 6.90. The zero-order chi connectivity index (χ0) is 11.6. The molecule has 1 aliphatic carbocycles. The van der Waals surface area contributed by atoms with Gasteiger partial charge in [0.15, 0.2) is 0 Å². The van der Waals surface area contributed by atoms with Gasteiger partial charge in [-0.15, -0.1) is 0 Å². The maximum Gasteiger partial charge on any atom is 0.306 e. The van der Waals surface area contributed by atoms with E-state index in [0.29, 0.717) is 18.3 Å². The fraction of sp³-hybridized carbons (Fsp3) is 0.769. The predicted octanol–water partition coefficient (Wildman–Crippen LogP) is 3.32. The molecule has 3 unspecified atom stereocenters. The van der Waals surface area contributed by atoms with E-state index in [2.05, 4.69) is 20.4 Å². The third-order valence-electron chi connectivity index (χ3n) is 3.79. The van der Waals surface area contributed by atoms with Crippen LogP contribution in [0.3, 0.4) is 0 Å². The second kappa shape index (κ2) is 4.38. The van der Waals surface area contributed by atoms with Crippen LogP contribution < -0.4 is 0 Å². The number of hydrogen-bond donors (Lipinski definition) is 0. The molecule has 0 aromatic heterocycles. The molecule has 2 nitrogen and oxygen atoms in total. The quantitative estimate of drug-likeness (QED) is 0.527. The molecule has 15 heavy (non-hydrogen) atoms. The summed E-state index contributed by atoms with van der Waals surface area (Å²) < 4.78 is 5.56. The normalized spacial score (nSPS) is 35.2. The van der Waals surface area contributed by atoms with E-state index in [0.717, 1.165) is 12.8 Å². The van der Waals surface area contributed by atoms with E-state index in [-0.39, 0.29) is 11.6 Å². The summed E-state index contributed by atoms with van der Waals surface area (Å²) in [6.07, 6.45) is 2.50. The van der Waals surface area contributed by atoms with Crippen LogP contribution in [0, 0.1) is 11.8 Å². The van der Waals surface area contributed by atoms with Crippen molar-refractivity contribution in [3.63, 3.8) is 0 Å². The van der Waals surface area contributed by atoms with Crippen molar-refractivity contribution in [2.24, 2.45) is 11.8 Å². The molecule has 1 saturated carbocycles. The Hall–Kier alpha value is -0.790. The number of carbonyl (C=O) groups is 1. The highest BCUT2D eigenvalue weighted by atomic mass is 16.6. The number of rotatable bonds is 3. The van der Waals surface area contributed by atoms with Gasteiger partial charge in [0.25, 0.3) is 0 Å². The van der Waals surface area contributed by atoms with E-state index >= 15 is 0 Å². The highest BCUT2D eigenvalue weighted by Crippen LogP contribution is 2.45. The molecule has 0 heterocycles. The lowest BCUT2D eigenvalue weighted by Crippen LogP contribution is -2.35. The lowest BCUT2D eigenvalue weighted by Gasteiger charge is -2.31. The van der Waals surface area contributed by atoms with E-state index in [9.17, 15) is 4.79 Å². The van der Waals surface area contributed by atoms with Crippen LogP contribution in [-0.4, -0.2) is 11.6 Å². The van der Waals surface area contributed by atoms with Crippen molar-refractivity contribution < 1.29 is 9.53 Å². The summed E-state index contributed by atoms with van der Waals surface area (Å²) in [6.45, 7) is 12.1. The molecular formula is C13H22O2. The Kier molecular flexibility index (Phi) is 3.58. The molecule has 0 spiro atoms. The Morgan fingerprint density at radius 1 is 1.60 bits per heavy atom. The first kappa shape index (κ1) is 12.3. The molecular weight excluding hydrogens is 188 g/mol. The van der Waals surface area contributed by atoms with Gasteiger partial charge in [0.2, 0.25) is 0 Å². The van der Waals surface area contributed by atoms with E-state index in [1.54, 1.807) is 0 Å². The largest absolute Gasteiger partial charge is 0.459 e. The van der Waals surface area contributed by atoms with Gasteiger partial charge in [-0.25, -0.2) is 0 Å². The summed E-state index contributed by atoms with van der Waals surface area (Å²) in [6, 6.07) is 0. The van der Waals surface area contributed by atoms with Gasteiger partial charge in [0.1, 0.15) is 5.60 Å². The van der Waals surface area contributed by atoms with Crippen LogP contribution in [0.15, 0.2) is 12.2 Å². The molecule has 3 atom stereocenters. The molecule has 2 heteroatoms. The predicted molar refractivity (Wildman–Crippen MR) is 61.5 cm³/mol. The Morgan fingerprint density at radius 2 is 2.20 bits per heavy atom. The van der Waals surface area contributed by atoms with Gasteiger partial charge >= 0.3 is 5.97 Å². The van der Waals surface area contributed by atoms with Gasteiger partial charge in [-0.3, -0.25) is 4.79 Å². The topological polar surface area (TPSA) is 26.3 Å².